The summed E-state index contributed by atoms with van der Waals surface area (Å²) in [6.07, 6.45) is -4.96. The molecule has 310 valence electrons. The number of hydrogen-bond donors (Lipinski definition) is 6. The van der Waals surface area contributed by atoms with E-state index in [1.807, 2.05) is 126 Å². The summed E-state index contributed by atoms with van der Waals surface area (Å²) >= 11 is 6.34. The first-order valence-electron chi connectivity index (χ1n) is 18.9. The van der Waals surface area contributed by atoms with Crippen LogP contribution in [-0.2, 0) is 28.7 Å². The number of hydrogen-bond acceptors (Lipinski definition) is 13. The summed E-state index contributed by atoms with van der Waals surface area (Å²) in [4.78, 5) is 22.9. The Balaban J connectivity index is 1.39. The van der Waals surface area contributed by atoms with Gasteiger partial charge in [0.1, 0.15) is 17.8 Å². The normalized spacial score (nSPS) is 23.2. The third-order valence-corrected chi connectivity index (χ3v) is 12.3. The van der Waals surface area contributed by atoms with Crippen LogP contribution in [0.3, 0.4) is 0 Å². The molecule has 5 aromatic rings. The number of anilines is 1. The predicted molar refractivity (Wildman–Crippen MR) is 222 cm³/mol. The van der Waals surface area contributed by atoms with Crippen LogP contribution in [0.1, 0.15) is 77.3 Å². The minimum atomic E-state index is -4.92. The lowest BCUT2D eigenvalue weighted by Gasteiger charge is -2.50. The van der Waals surface area contributed by atoms with Crippen molar-refractivity contribution >= 4 is 42.1 Å². The van der Waals surface area contributed by atoms with Crippen LogP contribution in [0, 0.1) is 11.3 Å². The van der Waals surface area contributed by atoms with E-state index in [-0.39, 0.29) is 22.2 Å². The average molecular weight is 835 g/mol. The van der Waals surface area contributed by atoms with Gasteiger partial charge in [0.05, 0.1) is 6.33 Å². The number of aliphatic hydroxyl groups is 3. The van der Waals surface area contributed by atoms with Crippen molar-refractivity contribution in [3.8, 4) is 0 Å². The van der Waals surface area contributed by atoms with Crippen molar-refractivity contribution in [3.63, 3.8) is 0 Å². The molecule has 3 heterocycles. The Morgan fingerprint density at radius 3 is 2.03 bits per heavy atom. The third-order valence-electron chi connectivity index (χ3n) is 10.8. The summed E-state index contributed by atoms with van der Waals surface area (Å²) in [7, 11) is -4.92. The number of aromatic nitrogens is 4. The van der Waals surface area contributed by atoms with E-state index in [0.717, 1.165) is 16.7 Å². The highest BCUT2D eigenvalue weighted by atomic mass is 32.1. The fourth-order valence-corrected chi connectivity index (χ4v) is 10.2. The highest BCUT2D eigenvalue weighted by molar-refractivity contribution is 7.80. The van der Waals surface area contributed by atoms with Crippen LogP contribution < -0.4 is 16.8 Å². The number of thiocarbonyl (C=S) groups is 1. The van der Waals surface area contributed by atoms with Crippen LogP contribution in [0.4, 0.5) is 5.95 Å². The SMILES string of the molecule is CCCC(C)C(OP(N)(=O)OC(O)[C@H]1O[C@@H](n2cnc3c(=O)[nH]c(N)nc32)[C@](C)(O)[C@@H]1O)(C(=S)OC(c1ccccc1)(c1ccccc1)c1ccccc1)C(C)(C)C. The largest absolute Gasteiger partial charge is 0.463 e. The molecule has 0 bridgehead atoms. The minimum Gasteiger partial charge on any atom is -0.463 e. The first kappa shape index (κ1) is 43.2. The van der Waals surface area contributed by atoms with E-state index in [1.54, 1.807) is 0 Å². The van der Waals surface area contributed by atoms with Gasteiger partial charge >= 0.3 is 7.75 Å². The highest BCUT2D eigenvalue weighted by Gasteiger charge is 2.60. The zero-order valence-electron chi connectivity index (χ0n) is 33.2. The van der Waals surface area contributed by atoms with Gasteiger partial charge in [0, 0.05) is 22.1 Å². The second-order valence-electron chi connectivity index (χ2n) is 15.9. The number of fused-ring (bicyclic) bond motifs is 1. The van der Waals surface area contributed by atoms with E-state index >= 15 is 0 Å². The number of rotatable bonds is 14. The molecular weight excluding hydrogens is 784 g/mol. The van der Waals surface area contributed by atoms with E-state index in [9.17, 15) is 24.7 Å². The number of H-pyrrole nitrogens is 1. The van der Waals surface area contributed by atoms with Crippen molar-refractivity contribution in [3.05, 3.63) is 124 Å². The molecule has 2 aromatic heterocycles. The van der Waals surface area contributed by atoms with Crippen LogP contribution in [-0.4, -0.2) is 69.6 Å². The van der Waals surface area contributed by atoms with Crippen molar-refractivity contribution in [1.29, 1.82) is 0 Å². The molecule has 6 rings (SSSR count). The van der Waals surface area contributed by atoms with Crippen molar-refractivity contribution in [2.24, 2.45) is 16.8 Å². The maximum atomic E-state index is 14.6. The monoisotopic (exact) mass is 834 g/mol. The van der Waals surface area contributed by atoms with Gasteiger partial charge in [-0.1, -0.05) is 132 Å². The summed E-state index contributed by atoms with van der Waals surface area (Å²) in [5.41, 5.74) is 7.46. The summed E-state index contributed by atoms with van der Waals surface area (Å²) < 4.78 is 41.1. The van der Waals surface area contributed by atoms with Gasteiger partial charge in [0.2, 0.25) is 5.95 Å². The maximum absolute atomic E-state index is 14.6. The molecule has 4 unspecified atom stereocenters. The van der Waals surface area contributed by atoms with Crippen LogP contribution in [0.15, 0.2) is 102 Å². The van der Waals surface area contributed by atoms with E-state index in [2.05, 4.69) is 15.0 Å². The van der Waals surface area contributed by atoms with Crippen molar-refractivity contribution < 1.29 is 38.4 Å². The lowest BCUT2D eigenvalue weighted by atomic mass is 9.68. The number of nitrogens with one attached hydrogen (secondary N) is 1. The molecule has 0 spiro atoms. The number of aromatic amines is 1. The lowest BCUT2D eigenvalue weighted by molar-refractivity contribution is -0.163. The molecule has 0 radical (unpaired) electrons. The lowest BCUT2D eigenvalue weighted by Crippen LogP contribution is -2.58. The van der Waals surface area contributed by atoms with Gasteiger partial charge in [-0.25, -0.2) is 15.1 Å². The Kier molecular flexibility index (Phi) is 12.2. The average Bonchev–Trinajstić information content (AvgIpc) is 3.69. The molecule has 0 amide bonds. The van der Waals surface area contributed by atoms with Gasteiger partial charge in [-0.2, -0.15) is 4.98 Å². The topological polar surface area (TPSA) is 230 Å². The summed E-state index contributed by atoms with van der Waals surface area (Å²) in [6, 6.07) is 28.8. The van der Waals surface area contributed by atoms with E-state index in [0.29, 0.717) is 12.8 Å². The Bertz CT molecular complexity index is 2230. The smallest absolute Gasteiger partial charge is 0.406 e. The molecule has 0 saturated carbocycles. The van der Waals surface area contributed by atoms with Gasteiger partial charge in [0.15, 0.2) is 39.9 Å². The van der Waals surface area contributed by atoms with Crippen LogP contribution in [0.25, 0.3) is 11.2 Å². The zero-order chi connectivity index (χ0) is 42.3. The Morgan fingerprint density at radius 1 is 1.03 bits per heavy atom. The van der Waals surface area contributed by atoms with Crippen molar-refractivity contribution in [1.82, 2.24) is 19.5 Å². The Labute approximate surface area is 341 Å². The van der Waals surface area contributed by atoms with Crippen molar-refractivity contribution in [2.75, 3.05) is 5.73 Å². The third kappa shape index (κ3) is 7.76. The first-order valence-corrected chi connectivity index (χ1v) is 21.0. The molecule has 8 N–H and O–H groups in total. The number of nitrogen functional groups attached to an aromatic ring is 1. The number of imidazole rings is 1. The summed E-state index contributed by atoms with van der Waals surface area (Å²) in [5.74, 6) is -0.729. The fourth-order valence-electron chi connectivity index (χ4n) is 8.01. The minimum absolute atomic E-state index is 0.0615. The number of benzene rings is 3. The first-order chi connectivity index (χ1) is 27.3. The number of aliphatic hydroxyl groups excluding tert-OH is 2. The van der Waals surface area contributed by atoms with Gasteiger partial charge in [-0.3, -0.25) is 23.4 Å². The van der Waals surface area contributed by atoms with Gasteiger partial charge in [-0.15, -0.1) is 0 Å². The number of nitrogens with zero attached hydrogens (tertiary/aromatic N) is 3. The molecule has 8 atom stereocenters. The molecular formula is C41H51N6O9PS. The van der Waals surface area contributed by atoms with E-state index < -0.39 is 66.2 Å². The molecule has 1 aliphatic rings. The van der Waals surface area contributed by atoms with Crippen LogP contribution in [0.5, 0.6) is 0 Å². The van der Waals surface area contributed by atoms with Gasteiger partial charge < -0.3 is 30.5 Å². The molecule has 3 aromatic carbocycles. The zero-order valence-corrected chi connectivity index (χ0v) is 34.9. The second-order valence-corrected chi connectivity index (χ2v) is 17.7. The summed E-state index contributed by atoms with van der Waals surface area (Å²) in [5, 5.41) is 34.2. The predicted octanol–water partition coefficient (Wildman–Crippen LogP) is 5.69. The molecule has 1 fully saturated rings. The fraction of sp³-hybridized carbons (Fsp3) is 0.415. The molecule has 15 nitrogen and oxygen atoms in total. The number of ether oxygens (including phenoxy) is 2. The Morgan fingerprint density at radius 2 is 1.55 bits per heavy atom. The van der Waals surface area contributed by atoms with Crippen molar-refractivity contribution in [2.45, 2.75) is 95.9 Å². The Hall–Kier alpha value is -4.35. The molecule has 1 aliphatic heterocycles. The van der Waals surface area contributed by atoms with E-state index in [4.69, 9.17) is 42.0 Å². The highest BCUT2D eigenvalue weighted by Crippen LogP contribution is 2.57. The molecule has 0 aliphatic carbocycles. The number of nitrogens with two attached hydrogens (primary N) is 2. The van der Waals surface area contributed by atoms with Crippen LogP contribution in [0.2, 0.25) is 0 Å². The van der Waals surface area contributed by atoms with Gasteiger partial charge in [0.25, 0.3) is 5.56 Å². The van der Waals surface area contributed by atoms with E-state index in [1.165, 1.54) is 17.8 Å². The standard InChI is InChI=1S/C41H51N6O9PS/c1-7-17-25(2)41(38(3,4)5,36(58)54-40(26-18-11-8-12-19-26,27-20-13-9-14-21-27)28-22-15-10-16-23-28)56-57(43,52)55-34(50)30-31(48)39(6,51)35(53-30)47-24-44-29-32(47)45-37(42)46-33(29)49/h8-16,18-25,30-31,34-35,48,50-51H,7,17H2,1-6H3,(H2,43,52)(H3,42,45,46,49)/t25?,30-,31+,34?,35+,39+,41?,57?/m0/s1. The molecule has 1 saturated heterocycles. The molecule has 17 heteroatoms. The molecule has 58 heavy (non-hydrogen) atoms. The summed E-state index contributed by atoms with van der Waals surface area (Å²) in [6.45, 7) is 10.7. The second kappa shape index (κ2) is 16.4. The van der Waals surface area contributed by atoms with Gasteiger partial charge in [-0.05, 0) is 31.5 Å². The quantitative estimate of drug-likeness (QED) is 0.0342. The van der Waals surface area contributed by atoms with Crippen LogP contribution >= 0.6 is 20.0 Å². The maximum Gasteiger partial charge on any atom is 0.406 e.